The largest absolute Gasteiger partial charge is 0.497 e. The Morgan fingerprint density at radius 3 is 2.47 bits per heavy atom. The summed E-state index contributed by atoms with van der Waals surface area (Å²) in [5.74, 6) is 0.785. The van der Waals surface area contributed by atoms with Crippen molar-refractivity contribution < 1.29 is 27.4 Å². The molecule has 1 heterocycles. The predicted octanol–water partition coefficient (Wildman–Crippen LogP) is 4.90. The number of alkyl halides is 3. The number of rotatable bonds is 9. The third kappa shape index (κ3) is 6.46. The van der Waals surface area contributed by atoms with E-state index < -0.39 is 24.1 Å². The molecule has 0 amide bonds. The minimum Gasteiger partial charge on any atom is -0.497 e. The maximum atomic E-state index is 13.0. The van der Waals surface area contributed by atoms with E-state index in [1.165, 1.54) is 6.07 Å². The predicted molar refractivity (Wildman–Crippen MR) is 124 cm³/mol. The van der Waals surface area contributed by atoms with Gasteiger partial charge in [-0.15, -0.1) is 4.91 Å². The lowest BCUT2D eigenvalue weighted by molar-refractivity contribution is -0.137. The number of morpholine rings is 1. The monoisotopic (exact) mass is 481 g/mol. The number of benzene rings is 2. The Kier molecular flexibility index (Phi) is 8.17. The van der Waals surface area contributed by atoms with E-state index in [0.717, 1.165) is 23.4 Å². The second-order valence-corrected chi connectivity index (χ2v) is 8.86. The van der Waals surface area contributed by atoms with E-state index in [-0.39, 0.29) is 11.2 Å². The lowest BCUT2D eigenvalue weighted by Crippen LogP contribution is -2.58. The fraction of sp³-hybridized carbons (Fsp3) is 0.500. The van der Waals surface area contributed by atoms with Gasteiger partial charge in [-0.05, 0) is 61.3 Å². The lowest BCUT2D eigenvalue weighted by atomic mass is 9.94. The number of hydrogen-bond donors (Lipinski definition) is 1. The number of nitrogens with zero attached hydrogens (tertiary/aromatic N) is 2. The van der Waals surface area contributed by atoms with Crippen molar-refractivity contribution in [3.63, 3.8) is 0 Å². The zero-order chi connectivity index (χ0) is 24.9. The fourth-order valence-electron chi connectivity index (χ4n) is 4.11. The summed E-state index contributed by atoms with van der Waals surface area (Å²) in [6.07, 6.45) is -4.74. The number of methoxy groups -OCH3 is 2. The zero-order valence-corrected chi connectivity index (χ0v) is 19.7. The number of anilines is 1. The van der Waals surface area contributed by atoms with E-state index in [1.807, 2.05) is 38.1 Å². The quantitative estimate of drug-likeness (QED) is 0.406. The Hall–Kier alpha value is -2.69. The van der Waals surface area contributed by atoms with E-state index >= 15 is 0 Å². The highest BCUT2D eigenvalue weighted by Crippen LogP contribution is 2.37. The highest BCUT2D eigenvalue weighted by atomic mass is 19.4. The summed E-state index contributed by atoms with van der Waals surface area (Å²) in [6.45, 7) is 5.15. The molecule has 0 aromatic heterocycles. The van der Waals surface area contributed by atoms with Gasteiger partial charge >= 0.3 is 6.18 Å². The van der Waals surface area contributed by atoms with Crippen LogP contribution < -0.4 is 15.0 Å². The van der Waals surface area contributed by atoms with Crippen LogP contribution in [0.3, 0.4) is 0 Å². The van der Waals surface area contributed by atoms with Gasteiger partial charge in [-0.25, -0.2) is 0 Å². The van der Waals surface area contributed by atoms with Crippen molar-refractivity contribution in [2.24, 2.45) is 5.18 Å². The van der Waals surface area contributed by atoms with Gasteiger partial charge in [0.05, 0.1) is 25.0 Å². The Balaban J connectivity index is 1.71. The molecule has 0 aliphatic carbocycles. The van der Waals surface area contributed by atoms with Crippen molar-refractivity contribution in [1.29, 1.82) is 0 Å². The molecular formula is C24H30F3N3O4. The summed E-state index contributed by atoms with van der Waals surface area (Å²) in [5.41, 5.74) is -0.0656. The van der Waals surface area contributed by atoms with Crippen LogP contribution in [0.25, 0.3) is 0 Å². The molecular weight excluding hydrogens is 451 g/mol. The van der Waals surface area contributed by atoms with Crippen LogP contribution in [-0.4, -0.2) is 51.8 Å². The lowest BCUT2D eigenvalue weighted by Gasteiger charge is -2.41. The van der Waals surface area contributed by atoms with Crippen molar-refractivity contribution in [1.82, 2.24) is 5.32 Å². The first-order chi connectivity index (χ1) is 16.1. The van der Waals surface area contributed by atoms with Gasteiger partial charge in [0.15, 0.2) is 0 Å². The second-order valence-electron chi connectivity index (χ2n) is 8.86. The third-order valence-electron chi connectivity index (χ3n) is 5.76. The molecule has 10 heteroatoms. The Morgan fingerprint density at radius 2 is 1.88 bits per heavy atom. The fourth-order valence-corrected chi connectivity index (χ4v) is 4.11. The third-order valence-corrected chi connectivity index (χ3v) is 5.76. The molecule has 0 spiro atoms. The Labute approximate surface area is 197 Å². The summed E-state index contributed by atoms with van der Waals surface area (Å²) in [7, 11) is 3.19. The second kappa shape index (κ2) is 10.7. The van der Waals surface area contributed by atoms with Crippen molar-refractivity contribution in [3.8, 4) is 5.75 Å². The molecule has 0 bridgehead atoms. The molecule has 186 valence electrons. The SMILES string of the molecule is COc1ccc(CC(C)(C)N[C@H](OC)C2CN(c3ccc(C(F)(F)F)cc3N=O)CCO2)cc1. The molecule has 0 radical (unpaired) electrons. The average Bonchev–Trinajstić information content (AvgIpc) is 2.82. The van der Waals surface area contributed by atoms with E-state index in [0.29, 0.717) is 31.8 Å². The molecule has 2 aromatic carbocycles. The van der Waals surface area contributed by atoms with Crippen LogP contribution in [0.2, 0.25) is 0 Å². The topological polar surface area (TPSA) is 72.4 Å². The minimum atomic E-state index is -4.55. The molecule has 1 aliphatic rings. The van der Waals surface area contributed by atoms with Crippen LogP contribution in [0.5, 0.6) is 5.75 Å². The first-order valence-corrected chi connectivity index (χ1v) is 10.9. The van der Waals surface area contributed by atoms with Crippen LogP contribution in [-0.2, 0) is 22.1 Å². The normalized spacial score (nSPS) is 18.0. The van der Waals surface area contributed by atoms with Gasteiger partial charge in [-0.2, -0.15) is 13.2 Å². The molecule has 7 nitrogen and oxygen atoms in total. The van der Waals surface area contributed by atoms with Gasteiger partial charge in [0.1, 0.15) is 23.8 Å². The van der Waals surface area contributed by atoms with Crippen LogP contribution in [0, 0.1) is 4.91 Å². The van der Waals surface area contributed by atoms with Crippen LogP contribution in [0.4, 0.5) is 24.5 Å². The Bertz CT molecular complexity index is 967. The molecule has 1 aliphatic heterocycles. The highest BCUT2D eigenvalue weighted by Gasteiger charge is 2.35. The molecule has 1 fully saturated rings. The highest BCUT2D eigenvalue weighted by molar-refractivity contribution is 5.68. The van der Waals surface area contributed by atoms with Gasteiger partial charge < -0.3 is 19.1 Å². The minimum absolute atomic E-state index is 0.253. The summed E-state index contributed by atoms with van der Waals surface area (Å²) in [6, 6.07) is 10.8. The number of nitrogens with one attached hydrogen (secondary N) is 1. The number of hydrogen-bond acceptors (Lipinski definition) is 7. The molecule has 2 atom stereocenters. The van der Waals surface area contributed by atoms with Crippen LogP contribution in [0.15, 0.2) is 47.6 Å². The molecule has 3 rings (SSSR count). The van der Waals surface area contributed by atoms with Crippen LogP contribution in [0.1, 0.15) is 25.0 Å². The first kappa shape index (κ1) is 25.9. The molecule has 34 heavy (non-hydrogen) atoms. The molecule has 2 aromatic rings. The maximum absolute atomic E-state index is 13.0. The van der Waals surface area contributed by atoms with Crippen molar-refractivity contribution in [2.45, 2.75) is 44.3 Å². The summed E-state index contributed by atoms with van der Waals surface area (Å²) < 4.78 is 55.9. The van der Waals surface area contributed by atoms with Gasteiger partial charge in [-0.1, -0.05) is 12.1 Å². The number of ether oxygens (including phenoxy) is 3. The molecule has 1 saturated heterocycles. The van der Waals surface area contributed by atoms with Gasteiger partial charge in [0, 0.05) is 25.7 Å². The average molecular weight is 482 g/mol. The van der Waals surface area contributed by atoms with Gasteiger partial charge in [0.25, 0.3) is 0 Å². The van der Waals surface area contributed by atoms with E-state index in [4.69, 9.17) is 14.2 Å². The standard InChI is InChI=1S/C24H30F3N3O4/c1-23(2,14-16-5-8-18(32-3)9-6-16)28-22(33-4)21-15-30(11-12-34-21)20-10-7-17(24(25,26)27)13-19(20)29-31/h5-10,13,21-22,28H,11-12,14-15H2,1-4H3/t21?,22-/m1/s1. The van der Waals surface area contributed by atoms with Crippen molar-refractivity contribution >= 4 is 11.4 Å². The van der Waals surface area contributed by atoms with E-state index in [2.05, 4.69) is 10.5 Å². The van der Waals surface area contributed by atoms with Gasteiger partial charge in [-0.3, -0.25) is 5.32 Å². The van der Waals surface area contributed by atoms with Gasteiger partial charge in [0.2, 0.25) is 0 Å². The summed E-state index contributed by atoms with van der Waals surface area (Å²) >= 11 is 0. The summed E-state index contributed by atoms with van der Waals surface area (Å²) in [4.78, 5) is 13.1. The molecule has 1 unspecified atom stereocenters. The van der Waals surface area contributed by atoms with Crippen LogP contribution >= 0.6 is 0 Å². The first-order valence-electron chi connectivity index (χ1n) is 10.9. The van der Waals surface area contributed by atoms with Crippen molar-refractivity contribution in [2.75, 3.05) is 38.8 Å². The van der Waals surface area contributed by atoms with E-state index in [9.17, 15) is 18.1 Å². The number of halogens is 3. The summed E-state index contributed by atoms with van der Waals surface area (Å²) in [5, 5.41) is 6.32. The number of nitroso groups, excluding NO2 is 1. The maximum Gasteiger partial charge on any atom is 0.416 e. The van der Waals surface area contributed by atoms with E-state index in [1.54, 1.807) is 19.1 Å². The zero-order valence-electron chi connectivity index (χ0n) is 19.7. The molecule has 1 N–H and O–H groups in total. The Morgan fingerprint density at radius 1 is 1.18 bits per heavy atom. The molecule has 0 saturated carbocycles. The van der Waals surface area contributed by atoms with Crippen molar-refractivity contribution in [3.05, 3.63) is 58.5 Å². The smallest absolute Gasteiger partial charge is 0.416 e.